The maximum atomic E-state index is 3.10. The predicted octanol–water partition coefficient (Wildman–Crippen LogP) is 6.01. The van der Waals surface area contributed by atoms with Gasteiger partial charge in [0.05, 0.1) is 0 Å². The second-order valence-electron chi connectivity index (χ2n) is 5.67. The zero-order valence-electron chi connectivity index (χ0n) is 12.3. The molecular formula is C15H34P2. The molecule has 0 N–H and O–H groups in total. The Kier molecular flexibility index (Phi) is 11.3. The zero-order valence-corrected chi connectivity index (χ0v) is 14.6. The summed E-state index contributed by atoms with van der Waals surface area (Å²) >= 11 is 0. The Balaban J connectivity index is 3.69. The molecule has 0 aromatic rings. The highest BCUT2D eigenvalue weighted by molar-refractivity contribution is 7.39. The highest BCUT2D eigenvalue weighted by Gasteiger charge is 2.25. The van der Waals surface area contributed by atoms with E-state index in [1.165, 1.54) is 64.2 Å². The Morgan fingerprint density at radius 2 is 1.35 bits per heavy atom. The van der Waals surface area contributed by atoms with Crippen molar-refractivity contribution >= 4 is 18.5 Å². The molecule has 0 heterocycles. The van der Waals surface area contributed by atoms with Crippen molar-refractivity contribution in [2.45, 2.75) is 89.9 Å². The Morgan fingerprint density at radius 3 is 1.88 bits per heavy atom. The van der Waals surface area contributed by atoms with E-state index < -0.39 is 0 Å². The molecule has 0 aliphatic carbocycles. The van der Waals surface area contributed by atoms with Crippen molar-refractivity contribution in [2.24, 2.45) is 5.92 Å². The van der Waals surface area contributed by atoms with Crippen LogP contribution in [-0.4, -0.2) is 4.90 Å². The van der Waals surface area contributed by atoms with E-state index in [0.717, 1.165) is 5.92 Å². The Hall–Kier alpha value is 0.860. The number of hydrogen-bond acceptors (Lipinski definition) is 0. The molecule has 0 aromatic carbocycles. The van der Waals surface area contributed by atoms with E-state index in [9.17, 15) is 0 Å². The van der Waals surface area contributed by atoms with E-state index in [4.69, 9.17) is 0 Å². The van der Waals surface area contributed by atoms with Gasteiger partial charge in [0, 0.05) is 4.90 Å². The molecule has 0 aliphatic heterocycles. The van der Waals surface area contributed by atoms with E-state index >= 15 is 0 Å². The second-order valence-corrected chi connectivity index (χ2v) is 8.49. The normalized spacial score (nSPS) is 13.9. The molecule has 0 saturated heterocycles. The summed E-state index contributed by atoms with van der Waals surface area (Å²) in [6.07, 6.45) is 13.9. The van der Waals surface area contributed by atoms with E-state index in [0.29, 0.717) is 4.90 Å². The minimum Gasteiger partial charge on any atom is -0.127 e. The van der Waals surface area contributed by atoms with Gasteiger partial charge < -0.3 is 0 Å². The van der Waals surface area contributed by atoms with Crippen molar-refractivity contribution in [2.75, 3.05) is 0 Å². The Bertz CT molecular complexity index is 166. The van der Waals surface area contributed by atoms with Crippen LogP contribution < -0.4 is 0 Å². The summed E-state index contributed by atoms with van der Waals surface area (Å²) in [6, 6.07) is 0. The molecule has 0 amide bonds. The highest BCUT2D eigenvalue weighted by atomic mass is 31.1. The smallest absolute Gasteiger partial charge is 0.00183 e. The Labute approximate surface area is 115 Å². The maximum absolute atomic E-state index is 3.10. The fraction of sp³-hybridized carbons (Fsp3) is 1.00. The first kappa shape index (κ1) is 17.9. The van der Waals surface area contributed by atoms with E-state index in [-0.39, 0.29) is 0 Å². The van der Waals surface area contributed by atoms with E-state index in [1.54, 1.807) is 0 Å². The summed E-state index contributed by atoms with van der Waals surface area (Å²) in [5.74, 6) is 0.816. The second kappa shape index (κ2) is 10.8. The average Bonchev–Trinajstić information content (AvgIpc) is 2.30. The van der Waals surface area contributed by atoms with Gasteiger partial charge in [0.1, 0.15) is 0 Å². The SMILES string of the molecule is CCCCCCC(C)C(P)(P)CCCCCC. The van der Waals surface area contributed by atoms with Crippen molar-refractivity contribution in [1.29, 1.82) is 0 Å². The third-order valence-electron chi connectivity index (χ3n) is 3.87. The van der Waals surface area contributed by atoms with Crippen LogP contribution in [0.3, 0.4) is 0 Å². The number of hydrogen-bond donors (Lipinski definition) is 0. The lowest BCUT2D eigenvalue weighted by atomic mass is 9.95. The van der Waals surface area contributed by atoms with Crippen LogP contribution >= 0.6 is 18.5 Å². The van der Waals surface area contributed by atoms with Crippen molar-refractivity contribution in [3.8, 4) is 0 Å². The fourth-order valence-electron chi connectivity index (χ4n) is 2.25. The topological polar surface area (TPSA) is 0 Å². The van der Waals surface area contributed by atoms with Gasteiger partial charge >= 0.3 is 0 Å². The summed E-state index contributed by atoms with van der Waals surface area (Å²) in [5, 5.41) is 0. The molecule has 0 spiro atoms. The molecule has 0 radical (unpaired) electrons. The van der Waals surface area contributed by atoms with Gasteiger partial charge in [0.25, 0.3) is 0 Å². The molecule has 0 saturated carbocycles. The van der Waals surface area contributed by atoms with E-state index in [2.05, 4.69) is 39.3 Å². The third-order valence-corrected chi connectivity index (χ3v) is 5.59. The molecule has 2 heteroatoms. The van der Waals surface area contributed by atoms with Crippen LogP contribution in [0.1, 0.15) is 85.0 Å². The van der Waals surface area contributed by atoms with Gasteiger partial charge in [-0.3, -0.25) is 0 Å². The summed E-state index contributed by atoms with van der Waals surface area (Å²) in [4.78, 5) is 0.389. The zero-order chi connectivity index (χ0) is 13.1. The summed E-state index contributed by atoms with van der Waals surface area (Å²) in [5.41, 5.74) is 0. The molecule has 3 unspecified atom stereocenters. The predicted molar refractivity (Wildman–Crippen MR) is 88.8 cm³/mol. The Morgan fingerprint density at radius 1 is 0.824 bits per heavy atom. The molecule has 0 rings (SSSR count). The molecule has 17 heavy (non-hydrogen) atoms. The molecule has 104 valence electrons. The maximum Gasteiger partial charge on any atom is 0.00183 e. The highest BCUT2D eigenvalue weighted by Crippen LogP contribution is 2.42. The first-order valence-corrected chi connectivity index (χ1v) is 8.77. The van der Waals surface area contributed by atoms with Gasteiger partial charge in [-0.05, 0) is 18.8 Å². The fourth-order valence-corrected chi connectivity index (χ4v) is 2.99. The third kappa shape index (κ3) is 9.44. The van der Waals surface area contributed by atoms with Gasteiger partial charge in [-0.2, -0.15) is 0 Å². The monoisotopic (exact) mass is 276 g/mol. The average molecular weight is 276 g/mol. The standard InChI is InChI=1S/C15H34P2/c1-4-6-8-10-12-14(3)15(16,17)13-11-9-7-5-2/h14H,4-13,16-17H2,1-3H3. The minimum absolute atomic E-state index is 0.389. The van der Waals surface area contributed by atoms with Crippen LogP contribution in [0, 0.1) is 5.92 Å². The lowest BCUT2D eigenvalue weighted by Crippen LogP contribution is -2.21. The molecule has 3 atom stereocenters. The van der Waals surface area contributed by atoms with Gasteiger partial charge in [-0.15, -0.1) is 18.5 Å². The van der Waals surface area contributed by atoms with Gasteiger partial charge in [0.15, 0.2) is 0 Å². The molecule has 0 fully saturated rings. The van der Waals surface area contributed by atoms with Crippen LogP contribution in [0.5, 0.6) is 0 Å². The van der Waals surface area contributed by atoms with Crippen LogP contribution in [0.25, 0.3) is 0 Å². The van der Waals surface area contributed by atoms with Crippen LogP contribution in [-0.2, 0) is 0 Å². The van der Waals surface area contributed by atoms with Crippen molar-refractivity contribution < 1.29 is 0 Å². The summed E-state index contributed by atoms with van der Waals surface area (Å²) in [6.45, 7) is 6.99. The summed E-state index contributed by atoms with van der Waals surface area (Å²) in [7, 11) is 6.20. The summed E-state index contributed by atoms with van der Waals surface area (Å²) < 4.78 is 0. The lowest BCUT2D eigenvalue weighted by Gasteiger charge is -2.31. The van der Waals surface area contributed by atoms with Gasteiger partial charge in [-0.25, -0.2) is 0 Å². The molecular weight excluding hydrogens is 242 g/mol. The van der Waals surface area contributed by atoms with Crippen LogP contribution in [0.2, 0.25) is 0 Å². The van der Waals surface area contributed by atoms with Crippen LogP contribution in [0.15, 0.2) is 0 Å². The molecule has 0 aromatic heterocycles. The van der Waals surface area contributed by atoms with Crippen LogP contribution in [0.4, 0.5) is 0 Å². The van der Waals surface area contributed by atoms with E-state index in [1.807, 2.05) is 0 Å². The van der Waals surface area contributed by atoms with Crippen molar-refractivity contribution in [3.63, 3.8) is 0 Å². The van der Waals surface area contributed by atoms with Gasteiger partial charge in [-0.1, -0.05) is 72.1 Å². The van der Waals surface area contributed by atoms with Crippen molar-refractivity contribution in [3.05, 3.63) is 0 Å². The van der Waals surface area contributed by atoms with Gasteiger partial charge in [0.2, 0.25) is 0 Å². The number of rotatable bonds is 11. The number of unbranched alkanes of at least 4 members (excludes halogenated alkanes) is 6. The molecule has 0 aliphatic rings. The first-order chi connectivity index (χ1) is 8.04. The van der Waals surface area contributed by atoms with Crippen molar-refractivity contribution in [1.82, 2.24) is 0 Å². The largest absolute Gasteiger partial charge is 0.127 e. The molecule has 0 nitrogen and oxygen atoms in total. The first-order valence-electron chi connectivity index (χ1n) is 7.62. The molecule has 0 bridgehead atoms. The lowest BCUT2D eigenvalue weighted by molar-refractivity contribution is 0.422. The quantitative estimate of drug-likeness (QED) is 0.320. The minimum atomic E-state index is 0.389.